The normalized spacial score (nSPS) is 18.8. The summed E-state index contributed by atoms with van der Waals surface area (Å²) in [6.45, 7) is 7.47. The van der Waals surface area contributed by atoms with Gasteiger partial charge in [0.1, 0.15) is 18.1 Å². The second kappa shape index (κ2) is 17.4. The van der Waals surface area contributed by atoms with E-state index in [1.165, 1.54) is 12.0 Å². The van der Waals surface area contributed by atoms with E-state index in [1.807, 2.05) is 12.1 Å². The highest BCUT2D eigenvalue weighted by atomic mass is 16.5. The van der Waals surface area contributed by atoms with Crippen molar-refractivity contribution < 1.29 is 38.3 Å². The van der Waals surface area contributed by atoms with Crippen molar-refractivity contribution in [3.63, 3.8) is 0 Å². The lowest BCUT2D eigenvalue weighted by Crippen LogP contribution is -2.56. The van der Waals surface area contributed by atoms with Crippen molar-refractivity contribution in [2.75, 3.05) is 32.1 Å². The minimum absolute atomic E-state index is 0.0646. The molecular formula is C33H47N7O8. The molecule has 1 aromatic carbocycles. The molecule has 1 aromatic rings. The summed E-state index contributed by atoms with van der Waals surface area (Å²) in [4.78, 5) is 91.3. The first-order valence-corrected chi connectivity index (χ1v) is 16.1. The third kappa shape index (κ3) is 10.4. The van der Waals surface area contributed by atoms with Crippen molar-refractivity contribution in [1.29, 1.82) is 0 Å². The molecular weight excluding hydrogens is 622 g/mol. The van der Waals surface area contributed by atoms with Crippen LogP contribution in [0.3, 0.4) is 0 Å². The number of nitrogens with zero attached hydrogens (tertiary/aromatic N) is 2. The average molecular weight is 670 g/mol. The number of methoxy groups -OCH3 is 1. The van der Waals surface area contributed by atoms with Crippen LogP contribution in [0.2, 0.25) is 0 Å². The highest BCUT2D eigenvalue weighted by Crippen LogP contribution is 2.26. The summed E-state index contributed by atoms with van der Waals surface area (Å²) in [5, 5.41) is 10.7. The van der Waals surface area contributed by atoms with Gasteiger partial charge in [-0.3, -0.25) is 33.7 Å². The van der Waals surface area contributed by atoms with Gasteiger partial charge in [0.05, 0.1) is 19.2 Å². The largest absolute Gasteiger partial charge is 0.383 e. The Bertz CT molecular complexity index is 1380. The van der Waals surface area contributed by atoms with Crippen molar-refractivity contribution >= 4 is 47.2 Å². The van der Waals surface area contributed by atoms with Gasteiger partial charge in [0, 0.05) is 37.9 Å². The Kier molecular flexibility index (Phi) is 13.6. The van der Waals surface area contributed by atoms with Crippen molar-refractivity contribution in [2.24, 2.45) is 17.6 Å². The van der Waals surface area contributed by atoms with Crippen LogP contribution < -0.4 is 27.0 Å². The molecule has 4 atom stereocenters. The van der Waals surface area contributed by atoms with E-state index < -0.39 is 78.1 Å². The molecule has 2 aliphatic rings. The lowest BCUT2D eigenvalue weighted by molar-refractivity contribution is -0.147. The number of ether oxygens (including phenoxy) is 1. The van der Waals surface area contributed by atoms with Crippen LogP contribution in [0, 0.1) is 11.8 Å². The number of benzene rings is 1. The minimum atomic E-state index is -1.08. The van der Waals surface area contributed by atoms with Crippen LogP contribution >= 0.6 is 0 Å². The van der Waals surface area contributed by atoms with Crippen LogP contribution in [0.1, 0.15) is 52.5 Å². The van der Waals surface area contributed by atoms with E-state index in [9.17, 15) is 33.6 Å². The highest BCUT2D eigenvalue weighted by molar-refractivity contribution is 6.15. The first-order chi connectivity index (χ1) is 22.7. The van der Waals surface area contributed by atoms with Gasteiger partial charge in [-0.15, -0.1) is 0 Å². The van der Waals surface area contributed by atoms with E-state index in [1.54, 1.807) is 26.0 Å². The minimum Gasteiger partial charge on any atom is -0.383 e. The predicted molar refractivity (Wildman–Crippen MR) is 176 cm³/mol. The maximum Gasteiger partial charge on any atom is 0.312 e. The van der Waals surface area contributed by atoms with Crippen LogP contribution in [0.25, 0.3) is 0 Å². The number of rotatable bonds is 17. The number of amides is 8. The van der Waals surface area contributed by atoms with Crippen molar-refractivity contribution in [3.05, 3.63) is 42.0 Å². The fraction of sp³-hybridized carbons (Fsp3) is 0.545. The summed E-state index contributed by atoms with van der Waals surface area (Å²) >= 11 is 0. The molecule has 0 radical (unpaired) electrons. The molecule has 15 nitrogen and oxygen atoms in total. The molecule has 0 spiro atoms. The number of carbonyl (C=O) groups is 7. The molecule has 1 saturated heterocycles. The Morgan fingerprint density at radius 2 is 1.60 bits per heavy atom. The molecule has 48 heavy (non-hydrogen) atoms. The van der Waals surface area contributed by atoms with Gasteiger partial charge in [-0.05, 0) is 48.8 Å². The van der Waals surface area contributed by atoms with E-state index in [4.69, 9.17) is 10.5 Å². The van der Waals surface area contributed by atoms with Crippen molar-refractivity contribution in [1.82, 2.24) is 25.8 Å². The van der Waals surface area contributed by atoms with E-state index >= 15 is 0 Å². The van der Waals surface area contributed by atoms with Crippen LogP contribution in [-0.4, -0.2) is 102 Å². The van der Waals surface area contributed by atoms with Gasteiger partial charge in [-0.25, -0.2) is 4.79 Å². The zero-order valence-electron chi connectivity index (χ0n) is 28.1. The summed E-state index contributed by atoms with van der Waals surface area (Å²) < 4.78 is 5.23. The maximum atomic E-state index is 13.6. The third-order valence-electron chi connectivity index (χ3n) is 8.07. The number of primary amides is 1. The zero-order valence-corrected chi connectivity index (χ0v) is 28.1. The topological polar surface area (TPSA) is 209 Å². The number of urea groups is 1. The van der Waals surface area contributed by atoms with Crippen LogP contribution in [0.15, 0.2) is 36.4 Å². The number of anilines is 1. The number of hydrogen-bond acceptors (Lipinski definition) is 8. The number of carbonyl (C=O) groups excluding carboxylic acids is 7. The molecule has 15 heteroatoms. The van der Waals surface area contributed by atoms with Gasteiger partial charge in [-0.2, -0.15) is 0 Å². The van der Waals surface area contributed by atoms with Crippen molar-refractivity contribution in [3.8, 4) is 0 Å². The Morgan fingerprint density at radius 1 is 0.958 bits per heavy atom. The molecule has 0 bridgehead atoms. The number of imide groups is 1. The lowest BCUT2D eigenvalue weighted by atomic mass is 10.0. The highest BCUT2D eigenvalue weighted by Gasteiger charge is 2.47. The van der Waals surface area contributed by atoms with E-state index in [2.05, 4.69) is 35.1 Å². The SMILES string of the molecule is COC[C@@H]1C[C@H](N2C(=O)C=CC2=O)C(=O)N1CC(=O)N[C@H](C(=O)N[C@@H](CCCNC(N)=O)C(=O)Nc1ccc(CC(C)C)cc1)C(C)C. The summed E-state index contributed by atoms with van der Waals surface area (Å²) in [5.74, 6) is -3.49. The molecule has 262 valence electrons. The molecule has 0 aromatic heterocycles. The summed E-state index contributed by atoms with van der Waals surface area (Å²) in [6, 6.07) is 2.94. The predicted octanol–water partition coefficient (Wildman–Crippen LogP) is 0.439. The molecule has 0 saturated carbocycles. The number of nitrogens with two attached hydrogens (primary N) is 1. The average Bonchev–Trinajstić information content (AvgIpc) is 3.49. The fourth-order valence-electron chi connectivity index (χ4n) is 5.73. The number of likely N-dealkylation sites (tertiary alicyclic amines) is 1. The van der Waals surface area contributed by atoms with Gasteiger partial charge in [-0.1, -0.05) is 39.8 Å². The van der Waals surface area contributed by atoms with Gasteiger partial charge < -0.3 is 36.6 Å². The molecule has 1 fully saturated rings. The first kappa shape index (κ1) is 37.7. The van der Waals surface area contributed by atoms with Crippen molar-refractivity contribution in [2.45, 2.75) is 77.5 Å². The second-order valence-electron chi connectivity index (χ2n) is 12.8. The van der Waals surface area contributed by atoms with Crippen LogP contribution in [0.4, 0.5) is 10.5 Å². The molecule has 0 aliphatic carbocycles. The Labute approximate surface area is 280 Å². The number of hydrogen-bond donors (Lipinski definition) is 5. The zero-order chi connectivity index (χ0) is 35.5. The summed E-state index contributed by atoms with van der Waals surface area (Å²) in [5.41, 5.74) is 6.82. The third-order valence-corrected chi connectivity index (χ3v) is 8.07. The van der Waals surface area contributed by atoms with Crippen LogP contribution in [0.5, 0.6) is 0 Å². The van der Waals surface area contributed by atoms with E-state index in [0.29, 0.717) is 18.0 Å². The number of nitrogens with one attached hydrogen (secondary N) is 4. The Hall–Kier alpha value is -4.79. The lowest BCUT2D eigenvalue weighted by Gasteiger charge is -2.28. The molecule has 2 heterocycles. The maximum absolute atomic E-state index is 13.6. The Morgan fingerprint density at radius 3 is 2.17 bits per heavy atom. The van der Waals surface area contributed by atoms with E-state index in [-0.39, 0.29) is 26.0 Å². The van der Waals surface area contributed by atoms with Gasteiger partial charge >= 0.3 is 6.03 Å². The smallest absolute Gasteiger partial charge is 0.312 e. The summed E-state index contributed by atoms with van der Waals surface area (Å²) in [7, 11) is 1.43. The van der Waals surface area contributed by atoms with Crippen LogP contribution in [-0.2, 0) is 39.9 Å². The second-order valence-corrected chi connectivity index (χ2v) is 12.8. The first-order valence-electron chi connectivity index (χ1n) is 16.1. The molecule has 0 unspecified atom stereocenters. The Balaban J connectivity index is 1.69. The summed E-state index contributed by atoms with van der Waals surface area (Å²) in [6.07, 6.45) is 3.64. The molecule has 6 N–H and O–H groups in total. The molecule has 2 aliphatic heterocycles. The van der Waals surface area contributed by atoms with Gasteiger partial charge in [0.2, 0.25) is 23.6 Å². The fourth-order valence-corrected chi connectivity index (χ4v) is 5.73. The standard InChI is InChI=1S/C33H47N7O8/c1-19(2)15-21-8-10-22(11-9-21)36-30(44)24(7-6-14-35-33(34)47)37-31(45)29(20(3)4)38-26(41)17-39-23(18-48-5)16-25(32(39)46)40-27(42)12-13-28(40)43/h8-13,19-20,23-25,29H,6-7,14-18H2,1-5H3,(H,36,44)(H,37,45)(H,38,41)(H3,34,35,47)/t23-,24-,25-,29-/m0/s1. The quantitative estimate of drug-likeness (QED) is 0.116. The van der Waals surface area contributed by atoms with Gasteiger partial charge in [0.25, 0.3) is 11.8 Å². The van der Waals surface area contributed by atoms with Gasteiger partial charge in [0.15, 0.2) is 0 Å². The monoisotopic (exact) mass is 669 g/mol. The molecule has 3 rings (SSSR count). The molecule has 8 amide bonds. The van der Waals surface area contributed by atoms with E-state index in [0.717, 1.165) is 29.0 Å².